The lowest BCUT2D eigenvalue weighted by molar-refractivity contribution is 0.0951. The van der Waals surface area contributed by atoms with Gasteiger partial charge in [-0.1, -0.05) is 18.6 Å². The summed E-state index contributed by atoms with van der Waals surface area (Å²) in [6.07, 6.45) is 5.60. The molecule has 2 atom stereocenters. The van der Waals surface area contributed by atoms with E-state index in [1.165, 1.54) is 19.3 Å². The number of rotatable bonds is 2. The van der Waals surface area contributed by atoms with Crippen molar-refractivity contribution >= 4 is 11.7 Å². The standard InChI is InChI=1S/C17H19NO2/c19-16(15-12-4-1-5-13(12)15)11-7-6-10-3-2-8-18-17(20)14(10)9-11/h6-7,9,12-13,15H,1-5,8H2,(H,18,20). The zero-order valence-corrected chi connectivity index (χ0v) is 11.5. The number of nitrogens with one attached hydrogen (secondary N) is 1. The van der Waals surface area contributed by atoms with Gasteiger partial charge < -0.3 is 5.32 Å². The summed E-state index contributed by atoms with van der Waals surface area (Å²) in [5.41, 5.74) is 2.52. The van der Waals surface area contributed by atoms with Gasteiger partial charge in [0.15, 0.2) is 5.78 Å². The Morgan fingerprint density at radius 1 is 1.15 bits per heavy atom. The molecular formula is C17H19NO2. The normalized spacial score (nSPS) is 31.0. The number of fused-ring (bicyclic) bond motifs is 2. The molecule has 2 aliphatic carbocycles. The van der Waals surface area contributed by atoms with Crippen molar-refractivity contribution in [3.8, 4) is 0 Å². The Kier molecular flexibility index (Phi) is 2.69. The first-order valence-corrected chi connectivity index (χ1v) is 7.71. The molecular weight excluding hydrogens is 250 g/mol. The minimum Gasteiger partial charge on any atom is -0.352 e. The molecule has 1 aromatic rings. The van der Waals surface area contributed by atoms with E-state index < -0.39 is 0 Å². The summed E-state index contributed by atoms with van der Waals surface area (Å²) in [6.45, 7) is 0.726. The number of Topliss-reactive ketones (excluding diaryl/α,β-unsaturated/α-hetero) is 1. The third kappa shape index (κ3) is 1.80. The zero-order chi connectivity index (χ0) is 13.7. The Morgan fingerprint density at radius 2 is 1.95 bits per heavy atom. The van der Waals surface area contributed by atoms with E-state index >= 15 is 0 Å². The summed E-state index contributed by atoms with van der Waals surface area (Å²) in [5, 5.41) is 2.90. The second kappa shape index (κ2) is 4.44. The van der Waals surface area contributed by atoms with Crippen LogP contribution in [0.5, 0.6) is 0 Å². The van der Waals surface area contributed by atoms with E-state index in [1.807, 2.05) is 18.2 Å². The lowest BCUT2D eigenvalue weighted by Crippen LogP contribution is -2.23. The first-order chi connectivity index (χ1) is 9.75. The minimum atomic E-state index is -0.0249. The summed E-state index contributed by atoms with van der Waals surface area (Å²) in [4.78, 5) is 24.6. The highest BCUT2D eigenvalue weighted by atomic mass is 16.1. The van der Waals surface area contributed by atoms with Crippen LogP contribution >= 0.6 is 0 Å². The van der Waals surface area contributed by atoms with Crippen LogP contribution in [0, 0.1) is 17.8 Å². The molecule has 1 aliphatic heterocycles. The van der Waals surface area contributed by atoms with Gasteiger partial charge in [0.25, 0.3) is 5.91 Å². The van der Waals surface area contributed by atoms with Gasteiger partial charge in [-0.3, -0.25) is 9.59 Å². The van der Waals surface area contributed by atoms with Crippen molar-refractivity contribution in [3.63, 3.8) is 0 Å². The number of amides is 1. The number of hydrogen-bond acceptors (Lipinski definition) is 2. The average Bonchev–Trinajstić information content (AvgIpc) is 3.02. The Bertz CT molecular complexity index is 583. The lowest BCUT2D eigenvalue weighted by atomic mass is 9.95. The van der Waals surface area contributed by atoms with Crippen LogP contribution < -0.4 is 5.32 Å². The molecule has 104 valence electrons. The third-order valence-electron chi connectivity index (χ3n) is 5.26. The summed E-state index contributed by atoms with van der Waals surface area (Å²) in [5.74, 6) is 1.75. The fourth-order valence-electron chi connectivity index (χ4n) is 4.14. The molecule has 0 spiro atoms. The molecule has 3 nitrogen and oxygen atoms in total. The number of benzene rings is 1. The molecule has 2 unspecified atom stereocenters. The van der Waals surface area contributed by atoms with Crippen molar-refractivity contribution in [1.29, 1.82) is 0 Å². The maximum absolute atomic E-state index is 12.6. The summed E-state index contributed by atoms with van der Waals surface area (Å²) < 4.78 is 0. The molecule has 0 radical (unpaired) electrons. The fraction of sp³-hybridized carbons (Fsp3) is 0.529. The maximum atomic E-state index is 12.6. The molecule has 20 heavy (non-hydrogen) atoms. The van der Waals surface area contributed by atoms with E-state index in [0.717, 1.165) is 30.5 Å². The Balaban J connectivity index is 1.63. The Labute approximate surface area is 118 Å². The van der Waals surface area contributed by atoms with Gasteiger partial charge in [-0.25, -0.2) is 0 Å². The predicted octanol–water partition coefficient (Wildman–Crippen LogP) is 2.59. The molecule has 0 bridgehead atoms. The van der Waals surface area contributed by atoms with Crippen LogP contribution in [0.2, 0.25) is 0 Å². The van der Waals surface area contributed by atoms with Crippen LogP contribution in [0.1, 0.15) is 52.0 Å². The molecule has 1 heterocycles. The predicted molar refractivity (Wildman–Crippen MR) is 75.7 cm³/mol. The second-order valence-electron chi connectivity index (χ2n) is 6.38. The highest BCUT2D eigenvalue weighted by molar-refractivity contribution is 6.03. The Hall–Kier alpha value is -1.64. The molecule has 2 fully saturated rings. The molecule has 1 aromatic carbocycles. The SMILES string of the molecule is O=C1NCCCc2ccc(C(=O)C3C4CCCC43)cc21. The van der Waals surface area contributed by atoms with E-state index in [1.54, 1.807) is 0 Å². The number of aryl methyl sites for hydroxylation is 1. The van der Waals surface area contributed by atoms with Gasteiger partial charge in [0.1, 0.15) is 0 Å². The lowest BCUT2D eigenvalue weighted by Gasteiger charge is -2.08. The molecule has 1 N–H and O–H groups in total. The van der Waals surface area contributed by atoms with Crippen LogP contribution in [0.3, 0.4) is 0 Å². The Morgan fingerprint density at radius 3 is 2.75 bits per heavy atom. The van der Waals surface area contributed by atoms with Crippen LogP contribution in [-0.4, -0.2) is 18.2 Å². The van der Waals surface area contributed by atoms with Crippen molar-refractivity contribution in [2.45, 2.75) is 32.1 Å². The van der Waals surface area contributed by atoms with E-state index in [-0.39, 0.29) is 17.6 Å². The van der Waals surface area contributed by atoms with Gasteiger partial charge in [0.2, 0.25) is 0 Å². The van der Waals surface area contributed by atoms with Crippen LogP contribution in [0.4, 0.5) is 0 Å². The smallest absolute Gasteiger partial charge is 0.251 e. The van der Waals surface area contributed by atoms with Gasteiger partial charge in [-0.05, 0) is 49.1 Å². The van der Waals surface area contributed by atoms with Gasteiger partial charge >= 0.3 is 0 Å². The van der Waals surface area contributed by atoms with Crippen molar-refractivity contribution < 1.29 is 9.59 Å². The molecule has 0 saturated heterocycles. The minimum absolute atomic E-state index is 0.0249. The highest BCUT2D eigenvalue weighted by Gasteiger charge is 2.56. The monoisotopic (exact) mass is 269 g/mol. The van der Waals surface area contributed by atoms with Gasteiger partial charge in [-0.2, -0.15) is 0 Å². The molecule has 3 heteroatoms. The fourth-order valence-corrected chi connectivity index (χ4v) is 4.14. The first-order valence-electron chi connectivity index (χ1n) is 7.71. The van der Waals surface area contributed by atoms with Gasteiger partial charge in [0, 0.05) is 23.6 Å². The number of carbonyl (C=O) groups is 2. The van der Waals surface area contributed by atoms with Crippen molar-refractivity contribution in [1.82, 2.24) is 5.32 Å². The van der Waals surface area contributed by atoms with E-state index in [4.69, 9.17) is 0 Å². The highest BCUT2D eigenvalue weighted by Crippen LogP contribution is 2.58. The summed E-state index contributed by atoms with van der Waals surface area (Å²) >= 11 is 0. The summed E-state index contributed by atoms with van der Waals surface area (Å²) in [6, 6.07) is 5.73. The molecule has 0 aromatic heterocycles. The molecule has 1 amide bonds. The number of carbonyl (C=O) groups excluding carboxylic acids is 2. The van der Waals surface area contributed by atoms with Crippen molar-refractivity contribution in [3.05, 3.63) is 34.9 Å². The van der Waals surface area contributed by atoms with Crippen molar-refractivity contribution in [2.24, 2.45) is 17.8 Å². The van der Waals surface area contributed by atoms with E-state index in [9.17, 15) is 9.59 Å². The molecule has 4 rings (SSSR count). The summed E-state index contributed by atoms with van der Waals surface area (Å²) in [7, 11) is 0. The quantitative estimate of drug-likeness (QED) is 0.839. The van der Waals surface area contributed by atoms with Crippen LogP contribution in [0.25, 0.3) is 0 Å². The van der Waals surface area contributed by atoms with E-state index in [2.05, 4.69) is 5.32 Å². The average molecular weight is 269 g/mol. The number of ketones is 1. The van der Waals surface area contributed by atoms with E-state index in [0.29, 0.717) is 17.4 Å². The third-order valence-corrected chi connectivity index (χ3v) is 5.26. The zero-order valence-electron chi connectivity index (χ0n) is 11.5. The maximum Gasteiger partial charge on any atom is 0.251 e. The largest absolute Gasteiger partial charge is 0.352 e. The van der Waals surface area contributed by atoms with Gasteiger partial charge in [-0.15, -0.1) is 0 Å². The van der Waals surface area contributed by atoms with Crippen LogP contribution in [-0.2, 0) is 6.42 Å². The number of hydrogen-bond donors (Lipinski definition) is 1. The van der Waals surface area contributed by atoms with Gasteiger partial charge in [0.05, 0.1) is 0 Å². The topological polar surface area (TPSA) is 46.2 Å². The molecule has 3 aliphatic rings. The first kappa shape index (κ1) is 12.1. The van der Waals surface area contributed by atoms with Crippen molar-refractivity contribution in [2.75, 3.05) is 6.54 Å². The second-order valence-corrected chi connectivity index (χ2v) is 6.38. The van der Waals surface area contributed by atoms with Crippen LogP contribution in [0.15, 0.2) is 18.2 Å². The molecule has 2 saturated carbocycles.